The van der Waals surface area contributed by atoms with Crippen LogP contribution in [0.25, 0.3) is 0 Å². The molecule has 0 aliphatic carbocycles. The van der Waals surface area contributed by atoms with Gasteiger partial charge in [0.25, 0.3) is 0 Å². The Labute approximate surface area is 117 Å². The summed E-state index contributed by atoms with van der Waals surface area (Å²) in [5, 5.41) is 7.96. The van der Waals surface area contributed by atoms with Gasteiger partial charge in [0, 0.05) is 25.4 Å². The van der Waals surface area contributed by atoms with Gasteiger partial charge in [0.15, 0.2) is 0 Å². The Morgan fingerprint density at radius 2 is 2.00 bits per heavy atom. The van der Waals surface area contributed by atoms with Gasteiger partial charge < -0.3 is 10.1 Å². The lowest BCUT2D eigenvalue weighted by Crippen LogP contribution is -2.45. The predicted octanol–water partition coefficient (Wildman–Crippen LogP) is 3.06. The van der Waals surface area contributed by atoms with E-state index in [-0.39, 0.29) is 11.6 Å². The van der Waals surface area contributed by atoms with Crippen molar-refractivity contribution >= 4 is 0 Å². The van der Waals surface area contributed by atoms with Gasteiger partial charge >= 0.3 is 0 Å². The zero-order valence-corrected chi connectivity index (χ0v) is 13.1. The standard InChI is InChI=1S/C15H29N3O/c1-6-10-16-14(13-11-17-18(5)12-13)15(7-2,8-3)19-9-4/h11-12,14,16H,6-10H2,1-5H3. The van der Waals surface area contributed by atoms with Crippen molar-refractivity contribution < 1.29 is 4.74 Å². The van der Waals surface area contributed by atoms with Crippen LogP contribution in [0.2, 0.25) is 0 Å². The van der Waals surface area contributed by atoms with E-state index in [2.05, 4.69) is 44.3 Å². The Bertz CT molecular complexity index is 358. The first-order valence-corrected chi connectivity index (χ1v) is 7.49. The second-order valence-electron chi connectivity index (χ2n) is 5.04. The monoisotopic (exact) mass is 267 g/mol. The molecule has 0 aliphatic rings. The van der Waals surface area contributed by atoms with Gasteiger partial charge in [-0.05, 0) is 32.7 Å². The predicted molar refractivity (Wildman–Crippen MR) is 79.2 cm³/mol. The van der Waals surface area contributed by atoms with Crippen molar-refractivity contribution in [2.75, 3.05) is 13.2 Å². The quantitative estimate of drug-likeness (QED) is 0.747. The SMILES string of the molecule is CCCNC(c1cnn(C)c1)C(CC)(CC)OCC. The number of aromatic nitrogens is 2. The Balaban J connectivity index is 3.05. The van der Waals surface area contributed by atoms with Crippen molar-refractivity contribution in [3.05, 3.63) is 18.0 Å². The lowest BCUT2D eigenvalue weighted by molar-refractivity contribution is -0.0732. The maximum absolute atomic E-state index is 6.15. The van der Waals surface area contributed by atoms with Crippen LogP contribution < -0.4 is 5.32 Å². The van der Waals surface area contributed by atoms with Crippen LogP contribution in [-0.4, -0.2) is 28.5 Å². The smallest absolute Gasteiger partial charge is 0.0872 e. The second kappa shape index (κ2) is 7.65. The van der Waals surface area contributed by atoms with E-state index >= 15 is 0 Å². The van der Waals surface area contributed by atoms with Crippen LogP contribution in [0.15, 0.2) is 12.4 Å². The van der Waals surface area contributed by atoms with Gasteiger partial charge in [-0.2, -0.15) is 5.10 Å². The number of hydrogen-bond donors (Lipinski definition) is 1. The highest BCUT2D eigenvalue weighted by Crippen LogP contribution is 2.35. The minimum Gasteiger partial charge on any atom is -0.373 e. The summed E-state index contributed by atoms with van der Waals surface area (Å²) < 4.78 is 8.01. The van der Waals surface area contributed by atoms with Gasteiger partial charge in [-0.25, -0.2) is 0 Å². The van der Waals surface area contributed by atoms with Crippen LogP contribution in [0, 0.1) is 0 Å². The van der Waals surface area contributed by atoms with Crippen molar-refractivity contribution in [3.63, 3.8) is 0 Å². The van der Waals surface area contributed by atoms with Crippen molar-refractivity contribution in [3.8, 4) is 0 Å². The first-order chi connectivity index (χ1) is 9.13. The molecule has 0 aromatic carbocycles. The maximum atomic E-state index is 6.15. The zero-order chi connectivity index (χ0) is 14.3. The summed E-state index contributed by atoms with van der Waals surface area (Å²) >= 11 is 0. The molecule has 0 bridgehead atoms. The van der Waals surface area contributed by atoms with Crippen molar-refractivity contribution in [2.24, 2.45) is 7.05 Å². The summed E-state index contributed by atoms with van der Waals surface area (Å²) in [6.07, 6.45) is 7.15. The van der Waals surface area contributed by atoms with Crippen LogP contribution in [0.5, 0.6) is 0 Å². The topological polar surface area (TPSA) is 39.1 Å². The second-order valence-corrected chi connectivity index (χ2v) is 5.04. The Hall–Kier alpha value is -0.870. The van der Waals surface area contributed by atoms with Gasteiger partial charge in [0.1, 0.15) is 0 Å². The molecule has 0 spiro atoms. The highest BCUT2D eigenvalue weighted by atomic mass is 16.5. The number of aryl methyl sites for hydroxylation is 1. The van der Waals surface area contributed by atoms with E-state index < -0.39 is 0 Å². The van der Waals surface area contributed by atoms with E-state index in [9.17, 15) is 0 Å². The zero-order valence-electron chi connectivity index (χ0n) is 13.1. The molecule has 4 heteroatoms. The van der Waals surface area contributed by atoms with Gasteiger partial charge in [0.2, 0.25) is 0 Å². The fourth-order valence-corrected chi connectivity index (χ4v) is 2.72. The van der Waals surface area contributed by atoms with Crippen molar-refractivity contribution in [2.45, 2.75) is 58.6 Å². The molecule has 1 heterocycles. The fourth-order valence-electron chi connectivity index (χ4n) is 2.72. The summed E-state index contributed by atoms with van der Waals surface area (Å²) in [7, 11) is 1.96. The Morgan fingerprint density at radius 3 is 2.42 bits per heavy atom. The molecule has 0 saturated heterocycles. The fraction of sp³-hybridized carbons (Fsp3) is 0.800. The minimum atomic E-state index is -0.146. The summed E-state index contributed by atoms with van der Waals surface area (Å²) in [5.74, 6) is 0. The lowest BCUT2D eigenvalue weighted by atomic mass is 9.84. The van der Waals surface area contributed by atoms with E-state index in [0.717, 1.165) is 32.4 Å². The number of nitrogens with one attached hydrogen (secondary N) is 1. The molecule has 1 rings (SSSR count). The highest BCUT2D eigenvalue weighted by Gasteiger charge is 2.37. The van der Waals surface area contributed by atoms with Crippen LogP contribution in [0.3, 0.4) is 0 Å². The van der Waals surface area contributed by atoms with E-state index in [1.165, 1.54) is 5.56 Å². The Morgan fingerprint density at radius 1 is 1.32 bits per heavy atom. The largest absolute Gasteiger partial charge is 0.373 e. The number of ether oxygens (including phenoxy) is 1. The molecule has 0 fully saturated rings. The molecule has 1 aromatic rings. The molecule has 110 valence electrons. The number of rotatable bonds is 9. The lowest BCUT2D eigenvalue weighted by Gasteiger charge is -2.39. The van der Waals surface area contributed by atoms with Crippen molar-refractivity contribution in [1.29, 1.82) is 0 Å². The third-order valence-corrected chi connectivity index (χ3v) is 3.81. The molecule has 1 N–H and O–H groups in total. The van der Waals surface area contributed by atoms with Crippen LogP contribution >= 0.6 is 0 Å². The van der Waals surface area contributed by atoms with Crippen LogP contribution in [0.1, 0.15) is 58.6 Å². The molecule has 0 saturated carbocycles. The Kier molecular flexibility index (Phi) is 6.52. The molecule has 1 unspecified atom stereocenters. The maximum Gasteiger partial charge on any atom is 0.0872 e. The molecular formula is C15H29N3O. The van der Waals surface area contributed by atoms with Gasteiger partial charge in [0.05, 0.1) is 17.8 Å². The minimum absolute atomic E-state index is 0.146. The summed E-state index contributed by atoms with van der Waals surface area (Å²) in [5.41, 5.74) is 1.07. The van der Waals surface area contributed by atoms with E-state index in [1.807, 2.05) is 17.9 Å². The summed E-state index contributed by atoms with van der Waals surface area (Å²) in [6, 6.07) is 0.205. The number of hydrogen-bond acceptors (Lipinski definition) is 3. The van der Waals surface area contributed by atoms with E-state index in [4.69, 9.17) is 4.74 Å². The third kappa shape index (κ3) is 3.80. The molecule has 0 radical (unpaired) electrons. The van der Waals surface area contributed by atoms with E-state index in [0.29, 0.717) is 0 Å². The van der Waals surface area contributed by atoms with Gasteiger partial charge in [-0.15, -0.1) is 0 Å². The third-order valence-electron chi connectivity index (χ3n) is 3.81. The molecule has 4 nitrogen and oxygen atoms in total. The van der Waals surface area contributed by atoms with Crippen molar-refractivity contribution in [1.82, 2.24) is 15.1 Å². The highest BCUT2D eigenvalue weighted by molar-refractivity contribution is 5.16. The summed E-state index contributed by atoms with van der Waals surface area (Å²) in [6.45, 7) is 10.4. The molecule has 0 aliphatic heterocycles. The van der Waals surface area contributed by atoms with E-state index in [1.54, 1.807) is 0 Å². The molecule has 0 amide bonds. The first-order valence-electron chi connectivity index (χ1n) is 7.49. The van der Waals surface area contributed by atoms with Crippen LogP contribution in [-0.2, 0) is 11.8 Å². The first kappa shape index (κ1) is 16.2. The average molecular weight is 267 g/mol. The normalized spacial score (nSPS) is 13.7. The van der Waals surface area contributed by atoms with Crippen LogP contribution in [0.4, 0.5) is 0 Å². The number of nitrogens with zero attached hydrogens (tertiary/aromatic N) is 2. The average Bonchev–Trinajstić information content (AvgIpc) is 2.84. The van der Waals surface area contributed by atoms with Gasteiger partial charge in [-0.3, -0.25) is 4.68 Å². The molecule has 1 aromatic heterocycles. The molecule has 19 heavy (non-hydrogen) atoms. The van der Waals surface area contributed by atoms with Gasteiger partial charge in [-0.1, -0.05) is 20.8 Å². The molecular weight excluding hydrogens is 238 g/mol. The summed E-state index contributed by atoms with van der Waals surface area (Å²) in [4.78, 5) is 0. The molecule has 1 atom stereocenters.